The second kappa shape index (κ2) is 14.1. The Morgan fingerprint density at radius 1 is 0.299 bits per heavy atom. The van der Waals surface area contributed by atoms with Crippen LogP contribution in [0.5, 0.6) is 0 Å². The highest BCUT2D eigenvalue weighted by atomic mass is 16.1. The lowest BCUT2D eigenvalue weighted by atomic mass is 9.70. The van der Waals surface area contributed by atoms with E-state index in [2.05, 4.69) is 203 Å². The number of aldehydes is 2. The van der Waals surface area contributed by atoms with E-state index in [1.807, 2.05) is 24.3 Å². The second-order valence-electron chi connectivity index (χ2n) is 17.9. The molecule has 0 saturated heterocycles. The van der Waals surface area contributed by atoms with E-state index in [0.29, 0.717) is 11.1 Å². The van der Waals surface area contributed by atoms with Gasteiger partial charge in [0.05, 0.1) is 27.5 Å². The van der Waals surface area contributed by atoms with Gasteiger partial charge in [0.25, 0.3) is 0 Å². The molecule has 4 nitrogen and oxygen atoms in total. The Morgan fingerprint density at radius 2 is 0.672 bits per heavy atom. The molecule has 0 atom stereocenters. The number of aromatic nitrogens is 2. The molecule has 0 amide bonds. The van der Waals surface area contributed by atoms with Crippen LogP contribution in [0.15, 0.2) is 218 Å². The van der Waals surface area contributed by atoms with Crippen LogP contribution in [0.2, 0.25) is 0 Å². The number of nitrogens with zero attached hydrogens (tertiary/aromatic N) is 2. The van der Waals surface area contributed by atoms with Gasteiger partial charge in [-0.3, -0.25) is 9.59 Å². The summed E-state index contributed by atoms with van der Waals surface area (Å²) in [5.41, 5.74) is 22.2. The van der Waals surface area contributed by atoms with Crippen molar-refractivity contribution < 1.29 is 9.59 Å². The van der Waals surface area contributed by atoms with Crippen molar-refractivity contribution in [2.24, 2.45) is 0 Å². The molecule has 0 aliphatic heterocycles. The summed E-state index contributed by atoms with van der Waals surface area (Å²) in [5, 5.41) is 4.39. The van der Waals surface area contributed by atoms with Gasteiger partial charge < -0.3 is 9.13 Å². The zero-order valence-electron chi connectivity index (χ0n) is 36.2. The largest absolute Gasteiger partial charge is 0.309 e. The van der Waals surface area contributed by atoms with Crippen LogP contribution >= 0.6 is 0 Å². The fourth-order valence-electron chi connectivity index (χ4n) is 11.8. The van der Waals surface area contributed by atoms with Crippen LogP contribution in [0, 0.1) is 0 Å². The predicted molar refractivity (Wildman–Crippen MR) is 273 cm³/mol. The van der Waals surface area contributed by atoms with Gasteiger partial charge in [-0.15, -0.1) is 0 Å². The maximum Gasteiger partial charge on any atom is 0.150 e. The number of fused-ring (bicyclic) bond motifs is 16. The Morgan fingerprint density at radius 3 is 1.12 bits per heavy atom. The summed E-state index contributed by atoms with van der Waals surface area (Å²) >= 11 is 0. The predicted octanol–water partition coefficient (Wildman–Crippen LogP) is 15.2. The van der Waals surface area contributed by atoms with Crippen molar-refractivity contribution >= 4 is 56.2 Å². The van der Waals surface area contributed by atoms with Crippen LogP contribution in [0.25, 0.3) is 99.5 Å². The highest BCUT2D eigenvalue weighted by molar-refractivity contribution is 6.12. The summed E-state index contributed by atoms with van der Waals surface area (Å²) in [5.74, 6) is 0. The number of hydrogen-bond acceptors (Lipinski definition) is 2. The van der Waals surface area contributed by atoms with Crippen LogP contribution in [0.3, 0.4) is 0 Å². The van der Waals surface area contributed by atoms with Gasteiger partial charge in [0.2, 0.25) is 0 Å². The van der Waals surface area contributed by atoms with Crippen molar-refractivity contribution in [2.45, 2.75) is 5.41 Å². The molecule has 67 heavy (non-hydrogen) atoms. The molecule has 0 fully saturated rings. The molecule has 14 rings (SSSR count). The SMILES string of the molecule is O=Cc1ccc2c(c1)c1ccccc1n2-c1ccc(-c2ccc3c(c2)C2(c4ccccc4-c4ccccc42)c2cc(-c4ccc(-n5c6ccccc6c6cc(C=O)ccc65)cc4)ccc2-3)cc1. The normalized spacial score (nSPS) is 13.0. The first kappa shape index (κ1) is 37.5. The number of benzene rings is 10. The van der Waals surface area contributed by atoms with Gasteiger partial charge in [-0.2, -0.15) is 0 Å². The molecule has 2 aliphatic carbocycles. The fraction of sp³-hybridized carbons (Fsp3) is 0.0159. The average molecular weight is 855 g/mol. The van der Waals surface area contributed by atoms with Crippen molar-refractivity contribution in [3.63, 3.8) is 0 Å². The second-order valence-corrected chi connectivity index (χ2v) is 17.9. The molecular weight excluding hydrogens is 817 g/mol. The first-order valence-electron chi connectivity index (χ1n) is 22.8. The summed E-state index contributed by atoms with van der Waals surface area (Å²) in [4.78, 5) is 23.5. The van der Waals surface area contributed by atoms with Crippen LogP contribution in [0.4, 0.5) is 0 Å². The lowest BCUT2D eigenvalue weighted by Crippen LogP contribution is -2.26. The number of hydrogen-bond donors (Lipinski definition) is 0. The van der Waals surface area contributed by atoms with Crippen molar-refractivity contribution in [1.29, 1.82) is 0 Å². The van der Waals surface area contributed by atoms with Crippen LogP contribution < -0.4 is 0 Å². The van der Waals surface area contributed by atoms with Crippen molar-refractivity contribution in [1.82, 2.24) is 9.13 Å². The molecule has 2 heterocycles. The first-order valence-corrected chi connectivity index (χ1v) is 22.8. The maximum atomic E-state index is 11.8. The lowest BCUT2D eigenvalue weighted by Gasteiger charge is -2.31. The van der Waals surface area contributed by atoms with Gasteiger partial charge in [0.15, 0.2) is 0 Å². The molecule has 1 spiro atoms. The molecule has 0 bridgehead atoms. The number of carbonyl (C=O) groups excluding carboxylic acids is 2. The molecule has 2 aromatic heterocycles. The average Bonchev–Trinajstić information content (AvgIpc) is 4.10. The third-order valence-electron chi connectivity index (χ3n) is 14.7. The fourth-order valence-corrected chi connectivity index (χ4v) is 11.8. The van der Waals surface area contributed by atoms with Gasteiger partial charge in [-0.1, -0.05) is 133 Å². The Hall–Kier alpha value is -8.86. The highest BCUT2D eigenvalue weighted by Crippen LogP contribution is 2.63. The molecule has 2 aliphatic rings. The van der Waals surface area contributed by atoms with E-state index in [4.69, 9.17) is 0 Å². The molecule has 4 heteroatoms. The Balaban J connectivity index is 0.901. The van der Waals surface area contributed by atoms with Crippen molar-refractivity contribution in [2.75, 3.05) is 0 Å². The first-order chi connectivity index (χ1) is 33.1. The van der Waals surface area contributed by atoms with E-state index >= 15 is 0 Å². The quantitative estimate of drug-likeness (QED) is 0.156. The zero-order chi connectivity index (χ0) is 44.4. The summed E-state index contributed by atoms with van der Waals surface area (Å²) in [7, 11) is 0. The Kier molecular flexibility index (Phi) is 7.88. The third kappa shape index (κ3) is 5.18. The number of rotatable bonds is 6. The monoisotopic (exact) mass is 854 g/mol. The Bertz CT molecular complexity index is 3810. The summed E-state index contributed by atoms with van der Waals surface area (Å²) in [6.07, 6.45) is 1.84. The standard InChI is InChI=1S/C63H38N2O2/c66-37-39-17-31-61-53(33-39)51-11-3-7-15-59(51)64(61)45-25-19-41(20-26-45)43-23-29-49-50-30-24-44(36-58(50)63(57(49)35-43)55-13-5-1-9-47(55)48-10-2-6-14-56(48)63)42-21-27-46(28-22-42)65-60-16-8-4-12-52(60)54-34-40(38-67)18-32-62(54)65/h1-38H. The van der Waals surface area contributed by atoms with Gasteiger partial charge in [0, 0.05) is 44.0 Å². The summed E-state index contributed by atoms with van der Waals surface area (Å²) < 4.78 is 4.59. The maximum absolute atomic E-state index is 11.8. The minimum absolute atomic E-state index is 0.517. The molecule has 312 valence electrons. The van der Waals surface area contributed by atoms with Crippen molar-refractivity contribution in [3.8, 4) is 55.9 Å². The van der Waals surface area contributed by atoms with Crippen molar-refractivity contribution in [3.05, 3.63) is 252 Å². The van der Waals surface area contributed by atoms with E-state index in [1.54, 1.807) is 0 Å². The number of para-hydroxylation sites is 2. The van der Waals surface area contributed by atoms with E-state index in [0.717, 1.165) is 78.7 Å². The molecule has 12 aromatic rings. The van der Waals surface area contributed by atoms with Gasteiger partial charge in [0.1, 0.15) is 12.6 Å². The smallest absolute Gasteiger partial charge is 0.150 e. The van der Waals surface area contributed by atoms with Gasteiger partial charge in [-0.25, -0.2) is 0 Å². The van der Waals surface area contributed by atoms with Crippen LogP contribution in [-0.2, 0) is 5.41 Å². The molecule has 0 unspecified atom stereocenters. The minimum atomic E-state index is -0.517. The van der Waals surface area contributed by atoms with E-state index in [1.165, 1.54) is 55.6 Å². The third-order valence-corrected chi connectivity index (χ3v) is 14.7. The molecule has 10 aromatic carbocycles. The minimum Gasteiger partial charge on any atom is -0.309 e. The van der Waals surface area contributed by atoms with Gasteiger partial charge >= 0.3 is 0 Å². The lowest BCUT2D eigenvalue weighted by molar-refractivity contribution is 0.111. The zero-order valence-corrected chi connectivity index (χ0v) is 36.2. The van der Waals surface area contributed by atoms with Gasteiger partial charge in [-0.05, 0) is 152 Å². The Labute approximate surface area is 386 Å². The highest BCUT2D eigenvalue weighted by Gasteiger charge is 2.51. The molecule has 0 N–H and O–H groups in total. The molecule has 0 saturated carbocycles. The van der Waals surface area contributed by atoms with E-state index in [9.17, 15) is 9.59 Å². The topological polar surface area (TPSA) is 44.0 Å². The van der Waals surface area contributed by atoms with E-state index in [-0.39, 0.29) is 0 Å². The molecular formula is C63H38N2O2. The molecule has 0 radical (unpaired) electrons. The summed E-state index contributed by atoms with van der Waals surface area (Å²) in [6, 6.07) is 78.7. The number of carbonyl (C=O) groups is 2. The van der Waals surface area contributed by atoms with Crippen LogP contribution in [0.1, 0.15) is 43.0 Å². The van der Waals surface area contributed by atoms with Crippen LogP contribution in [-0.4, -0.2) is 21.7 Å². The van der Waals surface area contributed by atoms with E-state index < -0.39 is 5.41 Å². The summed E-state index contributed by atoms with van der Waals surface area (Å²) in [6.45, 7) is 0.